The Kier molecular flexibility index (Phi) is 7.72. The van der Waals surface area contributed by atoms with Crippen molar-refractivity contribution < 1.29 is 9.53 Å². The topological polar surface area (TPSA) is 50.6 Å². The minimum absolute atomic E-state index is 0.0756. The molecule has 0 spiro atoms. The zero-order chi connectivity index (χ0) is 25.8. The summed E-state index contributed by atoms with van der Waals surface area (Å²) in [6, 6.07) is 25.8. The van der Waals surface area contributed by atoms with Gasteiger partial charge in [-0.2, -0.15) is 5.10 Å². The Balaban J connectivity index is 1.18. The summed E-state index contributed by atoms with van der Waals surface area (Å²) < 4.78 is 8.88. The number of halogens is 1. The second-order valence-corrected chi connectivity index (χ2v) is 10.2. The van der Waals surface area contributed by atoms with E-state index in [1.807, 2.05) is 76.3 Å². The van der Waals surface area contributed by atoms with Gasteiger partial charge in [-0.05, 0) is 71.7 Å². The molecule has 1 amide bonds. The third kappa shape index (κ3) is 5.78. The van der Waals surface area contributed by atoms with Crippen LogP contribution in [0.4, 0.5) is 0 Å². The summed E-state index contributed by atoms with van der Waals surface area (Å²) in [6.07, 6.45) is 0. The van der Waals surface area contributed by atoms with E-state index in [-0.39, 0.29) is 5.91 Å². The lowest BCUT2D eigenvalue weighted by atomic mass is 10.1. The summed E-state index contributed by atoms with van der Waals surface area (Å²) in [5, 5.41) is 4.79. The van der Waals surface area contributed by atoms with Crippen molar-refractivity contribution in [2.75, 3.05) is 26.2 Å². The first-order valence-corrected chi connectivity index (χ1v) is 13.4. The molecule has 0 saturated carbocycles. The maximum absolute atomic E-state index is 13.3. The van der Waals surface area contributed by atoms with Gasteiger partial charge < -0.3 is 9.64 Å². The third-order valence-corrected chi connectivity index (χ3v) is 7.54. The predicted octanol–water partition coefficient (Wildman–Crippen LogP) is 5.79. The fourth-order valence-electron chi connectivity index (χ4n) is 4.76. The molecule has 0 unspecified atom stereocenters. The fourth-order valence-corrected chi connectivity index (χ4v) is 5.16. The van der Waals surface area contributed by atoms with Crippen molar-refractivity contribution in [3.8, 4) is 11.4 Å². The van der Waals surface area contributed by atoms with Gasteiger partial charge in [0.2, 0.25) is 0 Å². The molecular formula is C30H31BrN4O2. The van der Waals surface area contributed by atoms with Gasteiger partial charge in [-0.25, -0.2) is 4.68 Å². The first-order valence-electron chi connectivity index (χ1n) is 12.6. The Hall–Kier alpha value is -3.42. The normalized spacial score (nSPS) is 14.1. The number of hydrogen-bond donors (Lipinski definition) is 0. The van der Waals surface area contributed by atoms with E-state index in [1.54, 1.807) is 0 Å². The molecule has 37 heavy (non-hydrogen) atoms. The van der Waals surface area contributed by atoms with Crippen molar-refractivity contribution in [2.24, 2.45) is 0 Å². The number of para-hydroxylation sites is 2. The zero-order valence-corrected chi connectivity index (χ0v) is 22.8. The molecule has 190 valence electrons. The maximum atomic E-state index is 13.3. The van der Waals surface area contributed by atoms with Crippen LogP contribution < -0.4 is 4.74 Å². The van der Waals surface area contributed by atoms with Crippen LogP contribution in [0.2, 0.25) is 0 Å². The summed E-state index contributed by atoms with van der Waals surface area (Å²) in [5.41, 5.74) is 6.25. The van der Waals surface area contributed by atoms with Gasteiger partial charge in [0.05, 0.1) is 15.9 Å². The van der Waals surface area contributed by atoms with Crippen LogP contribution in [0, 0.1) is 13.8 Å². The lowest BCUT2D eigenvalue weighted by molar-refractivity contribution is 0.0627. The van der Waals surface area contributed by atoms with E-state index >= 15 is 0 Å². The van der Waals surface area contributed by atoms with Gasteiger partial charge in [0, 0.05) is 49.5 Å². The summed E-state index contributed by atoms with van der Waals surface area (Å²) >= 11 is 3.51. The number of piperazine rings is 1. The number of benzene rings is 3. The minimum atomic E-state index is 0.0756. The van der Waals surface area contributed by atoms with E-state index in [9.17, 15) is 4.79 Å². The van der Waals surface area contributed by atoms with Crippen LogP contribution >= 0.6 is 15.9 Å². The lowest BCUT2D eigenvalue weighted by Gasteiger charge is -2.35. The average Bonchev–Trinajstić information content (AvgIpc) is 3.21. The molecule has 2 heterocycles. The molecule has 1 aromatic heterocycles. The number of carbonyl (C=O) groups excluding carboxylic acids is 1. The Morgan fingerprint density at radius 1 is 0.919 bits per heavy atom. The smallest absolute Gasteiger partial charge is 0.253 e. The molecule has 4 aromatic rings. The lowest BCUT2D eigenvalue weighted by Crippen LogP contribution is -2.48. The molecule has 6 nitrogen and oxygen atoms in total. The van der Waals surface area contributed by atoms with Crippen molar-refractivity contribution >= 4 is 21.8 Å². The van der Waals surface area contributed by atoms with Gasteiger partial charge in [0.1, 0.15) is 12.4 Å². The number of hydrogen-bond acceptors (Lipinski definition) is 4. The fraction of sp³-hybridized carbons (Fsp3) is 0.267. The molecule has 0 radical (unpaired) electrons. The first-order chi connectivity index (χ1) is 18.0. The van der Waals surface area contributed by atoms with Gasteiger partial charge in [-0.3, -0.25) is 9.69 Å². The quantitative estimate of drug-likeness (QED) is 0.288. The standard InChI is InChI=1S/C30H31BrN4O2/c1-22-27(23(2)35(32-22)26-11-4-3-5-12-26)20-33-15-17-34(18-16-33)30(36)25-10-8-9-24(19-25)21-37-29-14-7-6-13-28(29)31/h3-14,19H,15-18,20-21H2,1-2H3. The first kappa shape index (κ1) is 25.2. The highest BCUT2D eigenvalue weighted by Gasteiger charge is 2.24. The van der Waals surface area contributed by atoms with E-state index in [4.69, 9.17) is 9.84 Å². The summed E-state index contributed by atoms with van der Waals surface area (Å²) in [5.74, 6) is 0.863. The van der Waals surface area contributed by atoms with Crippen molar-refractivity contribution in [3.63, 3.8) is 0 Å². The number of aryl methyl sites for hydroxylation is 1. The number of carbonyl (C=O) groups is 1. The van der Waals surface area contributed by atoms with Crippen LogP contribution in [-0.4, -0.2) is 51.7 Å². The van der Waals surface area contributed by atoms with Crippen molar-refractivity contribution in [2.45, 2.75) is 27.0 Å². The van der Waals surface area contributed by atoms with E-state index in [1.165, 1.54) is 11.3 Å². The Bertz CT molecular complexity index is 1380. The van der Waals surface area contributed by atoms with Gasteiger partial charge in [-0.1, -0.05) is 42.5 Å². The second kappa shape index (κ2) is 11.3. The van der Waals surface area contributed by atoms with Crippen LogP contribution in [0.5, 0.6) is 5.75 Å². The number of nitrogens with zero attached hydrogens (tertiary/aromatic N) is 4. The Morgan fingerprint density at radius 2 is 1.65 bits per heavy atom. The molecule has 1 aliphatic heterocycles. The number of rotatable bonds is 7. The maximum Gasteiger partial charge on any atom is 0.253 e. The molecule has 1 fully saturated rings. The van der Waals surface area contributed by atoms with Crippen molar-refractivity contribution in [3.05, 3.63) is 111 Å². The molecule has 1 aliphatic rings. The van der Waals surface area contributed by atoms with Crippen molar-refractivity contribution in [1.29, 1.82) is 0 Å². The van der Waals surface area contributed by atoms with Gasteiger partial charge in [-0.15, -0.1) is 0 Å². The van der Waals surface area contributed by atoms with Gasteiger partial charge >= 0.3 is 0 Å². The van der Waals surface area contributed by atoms with E-state index < -0.39 is 0 Å². The van der Waals surface area contributed by atoms with Gasteiger partial charge in [0.15, 0.2) is 0 Å². The van der Waals surface area contributed by atoms with E-state index in [0.29, 0.717) is 25.3 Å². The van der Waals surface area contributed by atoms with Crippen LogP contribution in [0.15, 0.2) is 83.3 Å². The Labute approximate surface area is 226 Å². The summed E-state index contributed by atoms with van der Waals surface area (Å²) in [4.78, 5) is 17.6. The number of aromatic nitrogens is 2. The van der Waals surface area contributed by atoms with Crippen LogP contribution in [0.1, 0.15) is 32.9 Å². The highest BCUT2D eigenvalue weighted by Crippen LogP contribution is 2.25. The zero-order valence-electron chi connectivity index (χ0n) is 21.2. The van der Waals surface area contributed by atoms with Crippen LogP contribution in [0.3, 0.4) is 0 Å². The molecule has 0 aliphatic carbocycles. The third-order valence-electron chi connectivity index (χ3n) is 6.89. The molecule has 0 atom stereocenters. The van der Waals surface area contributed by atoms with Gasteiger partial charge in [0.25, 0.3) is 5.91 Å². The van der Waals surface area contributed by atoms with Crippen molar-refractivity contribution in [1.82, 2.24) is 19.6 Å². The second-order valence-electron chi connectivity index (χ2n) is 9.38. The molecular weight excluding hydrogens is 528 g/mol. The Morgan fingerprint density at radius 3 is 2.41 bits per heavy atom. The van der Waals surface area contributed by atoms with Crippen LogP contribution in [0.25, 0.3) is 5.69 Å². The monoisotopic (exact) mass is 558 g/mol. The minimum Gasteiger partial charge on any atom is -0.488 e. The number of ether oxygens (including phenoxy) is 1. The summed E-state index contributed by atoms with van der Waals surface area (Å²) in [7, 11) is 0. The van der Waals surface area contributed by atoms with E-state index in [2.05, 4.69) is 46.8 Å². The molecule has 0 bridgehead atoms. The highest BCUT2D eigenvalue weighted by atomic mass is 79.9. The molecule has 3 aromatic carbocycles. The molecule has 5 rings (SSSR count). The van der Waals surface area contributed by atoms with Crippen LogP contribution in [-0.2, 0) is 13.2 Å². The SMILES string of the molecule is Cc1nn(-c2ccccc2)c(C)c1CN1CCN(C(=O)c2cccc(COc3ccccc3Br)c2)CC1. The largest absolute Gasteiger partial charge is 0.488 e. The highest BCUT2D eigenvalue weighted by molar-refractivity contribution is 9.10. The predicted molar refractivity (Wildman–Crippen MR) is 149 cm³/mol. The summed E-state index contributed by atoms with van der Waals surface area (Å²) in [6.45, 7) is 8.56. The van der Waals surface area contributed by atoms with E-state index in [0.717, 1.165) is 46.8 Å². The molecule has 7 heteroatoms. The average molecular weight is 560 g/mol. The number of amides is 1. The molecule has 0 N–H and O–H groups in total. The molecule has 1 saturated heterocycles.